The number of aryl methyl sites for hydroxylation is 1. The summed E-state index contributed by atoms with van der Waals surface area (Å²) in [5, 5.41) is 2.63. The minimum absolute atomic E-state index is 0.0227. The van der Waals surface area contributed by atoms with Crippen LogP contribution in [0.4, 0.5) is 0 Å². The first kappa shape index (κ1) is 14.2. The average molecular weight is 249 g/mol. The van der Waals surface area contributed by atoms with Gasteiger partial charge in [0.2, 0.25) is 0 Å². The van der Waals surface area contributed by atoms with E-state index in [1.807, 2.05) is 24.3 Å². The second-order valence-electron chi connectivity index (χ2n) is 4.09. The molecular weight excluding hydrogens is 230 g/mol. The Balaban J connectivity index is 2.31. The number of Topliss-reactive ketones (excluding diaryl/α,β-unsaturated/α-hetero) is 1. The zero-order valence-electron chi connectivity index (χ0n) is 10.9. The van der Waals surface area contributed by atoms with E-state index >= 15 is 0 Å². The van der Waals surface area contributed by atoms with E-state index in [4.69, 9.17) is 4.74 Å². The molecule has 0 bridgehead atoms. The van der Waals surface area contributed by atoms with Crippen LogP contribution in [0.3, 0.4) is 0 Å². The number of rotatable bonds is 7. The van der Waals surface area contributed by atoms with Crippen LogP contribution in [0.15, 0.2) is 24.3 Å². The van der Waals surface area contributed by atoms with Crippen molar-refractivity contribution in [2.24, 2.45) is 0 Å². The second kappa shape index (κ2) is 7.48. The summed E-state index contributed by atoms with van der Waals surface area (Å²) < 4.78 is 5.37. The normalized spacial score (nSPS) is 9.89. The molecule has 0 aromatic heterocycles. The van der Waals surface area contributed by atoms with Crippen molar-refractivity contribution >= 4 is 11.7 Å². The molecule has 1 N–H and O–H groups in total. The lowest BCUT2D eigenvalue weighted by Crippen LogP contribution is -2.30. The van der Waals surface area contributed by atoms with E-state index in [-0.39, 0.29) is 18.3 Å². The minimum Gasteiger partial charge on any atom is -0.484 e. The Bertz CT molecular complexity index is 415. The third-order valence-corrected chi connectivity index (χ3v) is 2.48. The molecule has 0 aliphatic carbocycles. The van der Waals surface area contributed by atoms with Gasteiger partial charge in [-0.3, -0.25) is 9.59 Å². The second-order valence-corrected chi connectivity index (χ2v) is 4.09. The summed E-state index contributed by atoms with van der Waals surface area (Å²) >= 11 is 0. The number of carbonyl (C=O) groups excluding carboxylic acids is 2. The summed E-state index contributed by atoms with van der Waals surface area (Å²) in [4.78, 5) is 22.1. The molecule has 1 aromatic carbocycles. The number of ether oxygens (including phenoxy) is 1. The van der Waals surface area contributed by atoms with E-state index in [1.54, 1.807) is 0 Å². The third kappa shape index (κ3) is 5.48. The van der Waals surface area contributed by atoms with Gasteiger partial charge in [0.15, 0.2) is 6.61 Å². The van der Waals surface area contributed by atoms with Gasteiger partial charge >= 0.3 is 0 Å². The van der Waals surface area contributed by atoms with Crippen LogP contribution in [-0.2, 0) is 16.0 Å². The van der Waals surface area contributed by atoms with Crippen LogP contribution in [0, 0.1) is 0 Å². The van der Waals surface area contributed by atoms with Crippen LogP contribution in [0.2, 0.25) is 0 Å². The summed E-state index contributed by atoms with van der Waals surface area (Å²) in [5.41, 5.74) is 1.17. The Morgan fingerprint density at radius 3 is 2.78 bits per heavy atom. The van der Waals surface area contributed by atoms with Gasteiger partial charge in [-0.15, -0.1) is 0 Å². The molecule has 0 heterocycles. The highest BCUT2D eigenvalue weighted by atomic mass is 16.5. The quantitative estimate of drug-likeness (QED) is 0.800. The zero-order chi connectivity index (χ0) is 13.4. The maximum absolute atomic E-state index is 11.4. The Morgan fingerprint density at radius 1 is 1.33 bits per heavy atom. The van der Waals surface area contributed by atoms with E-state index in [0.717, 1.165) is 6.42 Å². The first-order chi connectivity index (χ1) is 8.61. The number of ketones is 1. The van der Waals surface area contributed by atoms with Crippen LogP contribution in [-0.4, -0.2) is 24.8 Å². The standard InChI is InChI=1S/C14H19NO3/c1-3-12-5-4-6-13(9-12)18-10-14(17)15-8-7-11(2)16/h4-6,9H,3,7-8,10H2,1-2H3,(H,15,17). The van der Waals surface area contributed by atoms with E-state index in [9.17, 15) is 9.59 Å². The molecule has 0 spiro atoms. The molecule has 4 nitrogen and oxygen atoms in total. The Hall–Kier alpha value is -1.84. The zero-order valence-corrected chi connectivity index (χ0v) is 10.9. The van der Waals surface area contributed by atoms with Gasteiger partial charge in [-0.2, -0.15) is 0 Å². The van der Waals surface area contributed by atoms with E-state index in [0.29, 0.717) is 18.7 Å². The first-order valence-electron chi connectivity index (χ1n) is 6.09. The van der Waals surface area contributed by atoms with E-state index < -0.39 is 0 Å². The van der Waals surface area contributed by atoms with Gasteiger partial charge in [0, 0.05) is 13.0 Å². The van der Waals surface area contributed by atoms with Gasteiger partial charge in [0.25, 0.3) is 5.91 Å². The number of hydrogen-bond acceptors (Lipinski definition) is 3. The highest BCUT2D eigenvalue weighted by Crippen LogP contribution is 2.13. The van der Waals surface area contributed by atoms with E-state index in [1.165, 1.54) is 12.5 Å². The highest BCUT2D eigenvalue weighted by molar-refractivity contribution is 5.79. The van der Waals surface area contributed by atoms with Gasteiger partial charge in [-0.1, -0.05) is 19.1 Å². The molecule has 0 aliphatic heterocycles. The maximum Gasteiger partial charge on any atom is 0.257 e. The number of nitrogens with one attached hydrogen (secondary N) is 1. The summed E-state index contributed by atoms with van der Waals surface area (Å²) in [5.74, 6) is 0.543. The lowest BCUT2D eigenvalue weighted by molar-refractivity contribution is -0.123. The van der Waals surface area contributed by atoms with Crippen molar-refractivity contribution in [2.45, 2.75) is 26.7 Å². The van der Waals surface area contributed by atoms with Crippen LogP contribution in [0.1, 0.15) is 25.8 Å². The first-order valence-corrected chi connectivity index (χ1v) is 6.09. The molecule has 1 amide bonds. The van der Waals surface area contributed by atoms with Crippen molar-refractivity contribution in [2.75, 3.05) is 13.2 Å². The van der Waals surface area contributed by atoms with Gasteiger partial charge in [0.1, 0.15) is 11.5 Å². The van der Waals surface area contributed by atoms with Crippen LogP contribution in [0.5, 0.6) is 5.75 Å². The fourth-order valence-electron chi connectivity index (χ4n) is 1.43. The molecule has 0 saturated heterocycles. The van der Waals surface area contributed by atoms with Gasteiger partial charge in [-0.25, -0.2) is 0 Å². The highest BCUT2D eigenvalue weighted by Gasteiger charge is 2.03. The Kier molecular flexibility index (Phi) is 5.91. The molecule has 0 unspecified atom stereocenters. The molecule has 18 heavy (non-hydrogen) atoms. The molecule has 1 rings (SSSR count). The summed E-state index contributed by atoms with van der Waals surface area (Å²) in [6, 6.07) is 7.66. The molecular formula is C14H19NO3. The molecule has 0 radical (unpaired) electrons. The predicted octanol–water partition coefficient (Wildman–Crippen LogP) is 1.72. The number of carbonyl (C=O) groups is 2. The summed E-state index contributed by atoms with van der Waals surface area (Å²) in [7, 11) is 0. The summed E-state index contributed by atoms with van der Waals surface area (Å²) in [6.45, 7) is 3.91. The molecule has 0 saturated carbocycles. The van der Waals surface area contributed by atoms with E-state index in [2.05, 4.69) is 12.2 Å². The maximum atomic E-state index is 11.4. The minimum atomic E-state index is -0.210. The molecule has 4 heteroatoms. The summed E-state index contributed by atoms with van der Waals surface area (Å²) in [6.07, 6.45) is 1.29. The Labute approximate surface area is 107 Å². The number of hydrogen-bond donors (Lipinski definition) is 1. The van der Waals surface area contributed by atoms with Gasteiger partial charge in [-0.05, 0) is 31.0 Å². The molecule has 0 fully saturated rings. The third-order valence-electron chi connectivity index (χ3n) is 2.48. The van der Waals surface area contributed by atoms with Crippen LogP contribution >= 0.6 is 0 Å². The van der Waals surface area contributed by atoms with Crippen molar-refractivity contribution in [3.63, 3.8) is 0 Å². The fraction of sp³-hybridized carbons (Fsp3) is 0.429. The predicted molar refractivity (Wildman–Crippen MR) is 69.6 cm³/mol. The Morgan fingerprint density at radius 2 is 2.11 bits per heavy atom. The lowest BCUT2D eigenvalue weighted by Gasteiger charge is -2.07. The topological polar surface area (TPSA) is 55.4 Å². The van der Waals surface area contributed by atoms with Crippen molar-refractivity contribution in [3.8, 4) is 5.75 Å². The number of amides is 1. The van der Waals surface area contributed by atoms with Crippen LogP contribution in [0.25, 0.3) is 0 Å². The van der Waals surface area contributed by atoms with Crippen molar-refractivity contribution in [3.05, 3.63) is 29.8 Å². The van der Waals surface area contributed by atoms with Crippen molar-refractivity contribution in [1.82, 2.24) is 5.32 Å². The fourth-order valence-corrected chi connectivity index (χ4v) is 1.43. The lowest BCUT2D eigenvalue weighted by atomic mass is 10.2. The monoisotopic (exact) mass is 249 g/mol. The smallest absolute Gasteiger partial charge is 0.257 e. The number of benzene rings is 1. The average Bonchev–Trinajstić information content (AvgIpc) is 2.36. The van der Waals surface area contributed by atoms with Crippen LogP contribution < -0.4 is 10.1 Å². The molecule has 0 aliphatic rings. The largest absolute Gasteiger partial charge is 0.484 e. The SMILES string of the molecule is CCc1cccc(OCC(=O)NCCC(C)=O)c1. The molecule has 98 valence electrons. The van der Waals surface area contributed by atoms with Crippen molar-refractivity contribution < 1.29 is 14.3 Å². The van der Waals surface area contributed by atoms with Gasteiger partial charge in [0.05, 0.1) is 0 Å². The van der Waals surface area contributed by atoms with Crippen molar-refractivity contribution in [1.29, 1.82) is 0 Å². The molecule has 0 atom stereocenters. The van der Waals surface area contributed by atoms with Gasteiger partial charge < -0.3 is 10.1 Å². The molecule has 1 aromatic rings.